The highest BCUT2D eigenvalue weighted by Crippen LogP contribution is 2.30. The largest absolute Gasteiger partial charge is 0.363 e. The van der Waals surface area contributed by atoms with Gasteiger partial charge in [0, 0.05) is 54.9 Å². The molecule has 2 saturated heterocycles. The first-order valence-electron chi connectivity index (χ1n) is 6.79. The van der Waals surface area contributed by atoms with Crippen molar-refractivity contribution in [3.63, 3.8) is 0 Å². The summed E-state index contributed by atoms with van der Waals surface area (Å²) in [7, 11) is 0. The molecule has 0 unspecified atom stereocenters. The molecule has 6 nitrogen and oxygen atoms in total. The molecular formula is C13H17IN4O2. The smallest absolute Gasteiger partial charge is 0.293 e. The summed E-state index contributed by atoms with van der Waals surface area (Å²) in [4.78, 5) is 15.5. The summed E-state index contributed by atoms with van der Waals surface area (Å²) in [6.45, 7) is 5.83. The number of nitrogens with one attached hydrogen (secondary N) is 1. The molecule has 108 valence electrons. The molecule has 0 atom stereocenters. The number of nitro groups is 1. The van der Waals surface area contributed by atoms with Crippen LogP contribution in [0.5, 0.6) is 0 Å². The number of anilines is 1. The first-order chi connectivity index (χ1) is 9.65. The van der Waals surface area contributed by atoms with Crippen molar-refractivity contribution >= 4 is 34.0 Å². The van der Waals surface area contributed by atoms with Crippen molar-refractivity contribution in [2.45, 2.75) is 6.04 Å². The van der Waals surface area contributed by atoms with Crippen molar-refractivity contribution in [3.8, 4) is 0 Å². The summed E-state index contributed by atoms with van der Waals surface area (Å²) < 4.78 is 0.900. The van der Waals surface area contributed by atoms with Gasteiger partial charge in [0.1, 0.15) is 5.69 Å². The Kier molecular flexibility index (Phi) is 4.08. The molecule has 20 heavy (non-hydrogen) atoms. The predicted octanol–water partition coefficient (Wildman–Crippen LogP) is 1.29. The van der Waals surface area contributed by atoms with Gasteiger partial charge in [-0.1, -0.05) is 0 Å². The Morgan fingerprint density at radius 2 is 1.95 bits per heavy atom. The van der Waals surface area contributed by atoms with Crippen LogP contribution in [0.4, 0.5) is 11.4 Å². The molecule has 2 heterocycles. The lowest BCUT2D eigenvalue weighted by molar-refractivity contribution is -0.384. The van der Waals surface area contributed by atoms with Crippen LogP contribution in [0.3, 0.4) is 0 Å². The first kappa shape index (κ1) is 14.0. The minimum absolute atomic E-state index is 0.218. The van der Waals surface area contributed by atoms with E-state index in [1.165, 1.54) is 0 Å². The average molecular weight is 388 g/mol. The number of benzene rings is 1. The SMILES string of the molecule is O=[N+]([O-])c1cc(I)ccc1N1CCN(C2CNC2)CC1. The number of hydrogen-bond donors (Lipinski definition) is 1. The minimum Gasteiger partial charge on any atom is -0.363 e. The van der Waals surface area contributed by atoms with E-state index < -0.39 is 0 Å². The molecule has 2 aliphatic heterocycles. The van der Waals surface area contributed by atoms with Gasteiger partial charge in [0.05, 0.1) is 4.92 Å². The molecule has 0 aromatic heterocycles. The van der Waals surface area contributed by atoms with Crippen molar-refractivity contribution < 1.29 is 4.92 Å². The molecule has 2 fully saturated rings. The van der Waals surface area contributed by atoms with Gasteiger partial charge in [-0.2, -0.15) is 0 Å². The average Bonchev–Trinajstić information content (AvgIpc) is 2.38. The predicted molar refractivity (Wildman–Crippen MR) is 86.3 cm³/mol. The Morgan fingerprint density at radius 1 is 1.25 bits per heavy atom. The maximum absolute atomic E-state index is 11.2. The molecule has 0 aliphatic carbocycles. The summed E-state index contributed by atoms with van der Waals surface area (Å²) in [6, 6.07) is 6.12. The van der Waals surface area contributed by atoms with Gasteiger partial charge >= 0.3 is 0 Å². The van der Waals surface area contributed by atoms with E-state index in [9.17, 15) is 10.1 Å². The van der Waals surface area contributed by atoms with Gasteiger partial charge in [-0.15, -0.1) is 0 Å². The van der Waals surface area contributed by atoms with Crippen LogP contribution in [0.1, 0.15) is 0 Å². The van der Waals surface area contributed by atoms with Gasteiger partial charge in [-0.05, 0) is 34.7 Å². The molecule has 0 amide bonds. The molecule has 1 aromatic carbocycles. The Bertz CT molecular complexity index is 513. The normalized spacial score (nSPS) is 20.8. The molecule has 7 heteroatoms. The summed E-state index contributed by atoms with van der Waals surface area (Å²) >= 11 is 2.11. The number of rotatable bonds is 3. The zero-order chi connectivity index (χ0) is 14.1. The molecule has 0 radical (unpaired) electrons. The van der Waals surface area contributed by atoms with Crippen LogP contribution in [0.2, 0.25) is 0 Å². The van der Waals surface area contributed by atoms with E-state index in [0.29, 0.717) is 6.04 Å². The molecule has 1 N–H and O–H groups in total. The van der Waals surface area contributed by atoms with Gasteiger partial charge < -0.3 is 10.2 Å². The van der Waals surface area contributed by atoms with E-state index in [-0.39, 0.29) is 10.6 Å². The fourth-order valence-corrected chi connectivity index (χ4v) is 3.24. The second-order valence-corrected chi connectivity index (χ2v) is 6.47. The minimum atomic E-state index is -0.278. The summed E-state index contributed by atoms with van der Waals surface area (Å²) in [6.07, 6.45) is 0. The first-order valence-corrected chi connectivity index (χ1v) is 7.86. The fourth-order valence-electron chi connectivity index (χ4n) is 2.77. The van der Waals surface area contributed by atoms with Gasteiger partial charge in [0.25, 0.3) is 5.69 Å². The van der Waals surface area contributed by atoms with Crippen LogP contribution in [-0.2, 0) is 0 Å². The maximum atomic E-state index is 11.2. The quantitative estimate of drug-likeness (QED) is 0.481. The standard InChI is InChI=1S/C13H17IN4O2/c14-10-1-2-12(13(7-10)18(19)20)17-5-3-16(4-6-17)11-8-15-9-11/h1-2,7,11,15H,3-6,8-9H2. The van der Waals surface area contributed by atoms with Gasteiger partial charge in [-0.25, -0.2) is 0 Å². The summed E-state index contributed by atoms with van der Waals surface area (Å²) in [5.74, 6) is 0. The fraction of sp³-hybridized carbons (Fsp3) is 0.538. The van der Waals surface area contributed by atoms with E-state index in [4.69, 9.17) is 0 Å². The second-order valence-electron chi connectivity index (χ2n) is 5.23. The lowest BCUT2D eigenvalue weighted by atomic mass is 10.1. The van der Waals surface area contributed by atoms with E-state index in [1.807, 2.05) is 12.1 Å². The van der Waals surface area contributed by atoms with Crippen LogP contribution >= 0.6 is 22.6 Å². The maximum Gasteiger partial charge on any atom is 0.293 e. The number of nitro benzene ring substituents is 1. The molecule has 0 spiro atoms. The molecule has 3 rings (SSSR count). The highest BCUT2D eigenvalue weighted by molar-refractivity contribution is 14.1. The number of hydrogen-bond acceptors (Lipinski definition) is 5. The third-order valence-corrected chi connectivity index (χ3v) is 4.74. The van der Waals surface area contributed by atoms with E-state index in [2.05, 4.69) is 37.7 Å². The summed E-state index contributed by atoms with van der Waals surface area (Å²) in [5.41, 5.74) is 0.970. The Labute approximate surface area is 131 Å². The monoisotopic (exact) mass is 388 g/mol. The zero-order valence-corrected chi connectivity index (χ0v) is 13.2. The van der Waals surface area contributed by atoms with E-state index in [1.54, 1.807) is 6.07 Å². The van der Waals surface area contributed by atoms with Crippen LogP contribution in [-0.4, -0.2) is 55.1 Å². The Morgan fingerprint density at radius 3 is 2.50 bits per heavy atom. The Balaban J connectivity index is 1.72. The van der Waals surface area contributed by atoms with Gasteiger partial charge in [0.15, 0.2) is 0 Å². The third-order valence-electron chi connectivity index (χ3n) is 4.07. The van der Waals surface area contributed by atoms with Crippen molar-refractivity contribution in [3.05, 3.63) is 31.9 Å². The zero-order valence-electron chi connectivity index (χ0n) is 11.1. The number of piperazine rings is 1. The van der Waals surface area contributed by atoms with Crippen LogP contribution in [0, 0.1) is 13.7 Å². The van der Waals surface area contributed by atoms with E-state index >= 15 is 0 Å². The lowest BCUT2D eigenvalue weighted by Crippen LogP contribution is -2.61. The van der Waals surface area contributed by atoms with Crippen molar-refractivity contribution in [2.24, 2.45) is 0 Å². The van der Waals surface area contributed by atoms with Crippen molar-refractivity contribution in [1.82, 2.24) is 10.2 Å². The van der Waals surface area contributed by atoms with Crippen molar-refractivity contribution in [1.29, 1.82) is 0 Å². The highest BCUT2D eigenvalue weighted by Gasteiger charge is 2.29. The molecule has 1 aromatic rings. The van der Waals surface area contributed by atoms with Crippen molar-refractivity contribution in [2.75, 3.05) is 44.2 Å². The molecule has 0 bridgehead atoms. The second kappa shape index (κ2) is 5.82. The Hall–Kier alpha value is -0.930. The van der Waals surface area contributed by atoms with E-state index in [0.717, 1.165) is 48.5 Å². The highest BCUT2D eigenvalue weighted by atomic mass is 127. The molecular weight excluding hydrogens is 371 g/mol. The van der Waals surface area contributed by atoms with Crippen LogP contribution in [0.25, 0.3) is 0 Å². The van der Waals surface area contributed by atoms with Crippen LogP contribution < -0.4 is 10.2 Å². The lowest BCUT2D eigenvalue weighted by Gasteiger charge is -2.43. The van der Waals surface area contributed by atoms with Gasteiger partial charge in [-0.3, -0.25) is 15.0 Å². The number of halogens is 1. The van der Waals surface area contributed by atoms with Crippen LogP contribution in [0.15, 0.2) is 18.2 Å². The van der Waals surface area contributed by atoms with Gasteiger partial charge in [0.2, 0.25) is 0 Å². The topological polar surface area (TPSA) is 61.7 Å². The molecule has 0 saturated carbocycles. The molecule has 2 aliphatic rings. The third kappa shape index (κ3) is 2.75. The summed E-state index contributed by atoms with van der Waals surface area (Å²) in [5, 5.41) is 14.5. The number of nitrogens with zero attached hydrogens (tertiary/aromatic N) is 3.